The van der Waals surface area contributed by atoms with Gasteiger partial charge in [-0.05, 0) is 49.2 Å². The molecule has 1 amide bonds. The van der Waals surface area contributed by atoms with E-state index in [-0.39, 0.29) is 24.3 Å². The molecule has 0 aliphatic heterocycles. The topological polar surface area (TPSA) is 76.4 Å². The van der Waals surface area contributed by atoms with Crippen molar-refractivity contribution in [2.75, 3.05) is 0 Å². The average Bonchev–Trinajstić information content (AvgIpc) is 3.07. The van der Waals surface area contributed by atoms with Crippen LogP contribution in [0.1, 0.15) is 25.7 Å². The Balaban J connectivity index is 1.48. The first-order valence-corrected chi connectivity index (χ1v) is 9.44. The molecule has 0 spiro atoms. The molecule has 2 atom stereocenters. The third-order valence-electron chi connectivity index (χ3n) is 5.03. The Hall–Kier alpha value is -2.93. The zero-order chi connectivity index (χ0) is 19.5. The Labute approximate surface area is 162 Å². The highest BCUT2D eigenvalue weighted by Gasteiger charge is 2.24. The van der Waals surface area contributed by atoms with Crippen molar-refractivity contribution in [2.45, 2.75) is 44.4 Å². The number of carbonyl (C=O) groups excluding carboxylic acids is 1. The summed E-state index contributed by atoms with van der Waals surface area (Å²) in [4.78, 5) is 16.8. The SMILES string of the molecule is O=C(Cn1cnc2ccc(Oc3ccc(F)cc3)cc21)N[C@H]1CCCC[C@@H]1O. The summed E-state index contributed by atoms with van der Waals surface area (Å²) in [5.41, 5.74) is 1.51. The largest absolute Gasteiger partial charge is 0.457 e. The maximum Gasteiger partial charge on any atom is 0.240 e. The summed E-state index contributed by atoms with van der Waals surface area (Å²) in [6, 6.07) is 11.0. The van der Waals surface area contributed by atoms with Gasteiger partial charge in [0.2, 0.25) is 5.91 Å². The lowest BCUT2D eigenvalue weighted by molar-refractivity contribution is -0.123. The van der Waals surface area contributed by atoms with Gasteiger partial charge in [0.05, 0.1) is 29.5 Å². The quantitative estimate of drug-likeness (QED) is 0.708. The molecule has 1 aliphatic rings. The van der Waals surface area contributed by atoms with E-state index < -0.39 is 6.10 Å². The minimum Gasteiger partial charge on any atom is -0.457 e. The third kappa shape index (κ3) is 4.14. The normalized spacial score (nSPS) is 19.5. The molecule has 4 rings (SSSR count). The fourth-order valence-electron chi connectivity index (χ4n) is 3.55. The van der Waals surface area contributed by atoms with E-state index in [9.17, 15) is 14.3 Å². The number of nitrogens with zero attached hydrogens (tertiary/aromatic N) is 2. The molecule has 6 nitrogen and oxygen atoms in total. The van der Waals surface area contributed by atoms with Crippen LogP contribution in [-0.4, -0.2) is 32.7 Å². The Morgan fingerprint density at radius 3 is 2.71 bits per heavy atom. The van der Waals surface area contributed by atoms with Gasteiger partial charge >= 0.3 is 0 Å². The van der Waals surface area contributed by atoms with Crippen LogP contribution in [-0.2, 0) is 11.3 Å². The number of benzene rings is 2. The van der Waals surface area contributed by atoms with Crippen LogP contribution < -0.4 is 10.1 Å². The number of halogens is 1. The number of ether oxygens (including phenoxy) is 1. The monoisotopic (exact) mass is 383 g/mol. The van der Waals surface area contributed by atoms with Crippen LogP contribution in [0.15, 0.2) is 48.8 Å². The van der Waals surface area contributed by atoms with E-state index in [1.807, 2.05) is 6.07 Å². The van der Waals surface area contributed by atoms with Crippen molar-refractivity contribution in [1.29, 1.82) is 0 Å². The van der Waals surface area contributed by atoms with Crippen LogP contribution >= 0.6 is 0 Å². The van der Waals surface area contributed by atoms with Crippen LogP contribution in [0.4, 0.5) is 4.39 Å². The van der Waals surface area contributed by atoms with Gasteiger partial charge in [0.1, 0.15) is 23.9 Å². The van der Waals surface area contributed by atoms with Crippen LogP contribution in [0.5, 0.6) is 11.5 Å². The van der Waals surface area contributed by atoms with Crippen molar-refractivity contribution in [3.63, 3.8) is 0 Å². The highest BCUT2D eigenvalue weighted by atomic mass is 19.1. The predicted octanol–water partition coefficient (Wildman–Crippen LogP) is 3.39. The molecule has 1 aliphatic carbocycles. The lowest BCUT2D eigenvalue weighted by Gasteiger charge is -2.28. The molecule has 0 bridgehead atoms. The van der Waals surface area contributed by atoms with Gasteiger partial charge in [-0.2, -0.15) is 0 Å². The van der Waals surface area contributed by atoms with Crippen LogP contribution in [0.3, 0.4) is 0 Å². The van der Waals surface area contributed by atoms with Crippen molar-refractivity contribution >= 4 is 16.9 Å². The molecule has 2 aromatic carbocycles. The number of aliphatic hydroxyl groups is 1. The number of hydrogen-bond acceptors (Lipinski definition) is 4. The predicted molar refractivity (Wildman–Crippen MR) is 103 cm³/mol. The Morgan fingerprint density at radius 2 is 1.93 bits per heavy atom. The van der Waals surface area contributed by atoms with Crippen LogP contribution in [0.25, 0.3) is 11.0 Å². The van der Waals surface area contributed by atoms with Gasteiger partial charge in [0.25, 0.3) is 0 Å². The minimum absolute atomic E-state index is 0.111. The smallest absolute Gasteiger partial charge is 0.240 e. The summed E-state index contributed by atoms with van der Waals surface area (Å²) in [7, 11) is 0. The number of nitrogens with one attached hydrogen (secondary N) is 1. The zero-order valence-electron chi connectivity index (χ0n) is 15.3. The molecule has 0 saturated heterocycles. The molecule has 146 valence electrons. The summed E-state index contributed by atoms with van der Waals surface area (Å²) in [5.74, 6) is 0.616. The van der Waals surface area contributed by atoms with Crippen molar-refractivity contribution in [2.24, 2.45) is 0 Å². The Morgan fingerprint density at radius 1 is 1.18 bits per heavy atom. The molecule has 1 fully saturated rings. The number of rotatable bonds is 5. The van der Waals surface area contributed by atoms with Gasteiger partial charge in [-0.15, -0.1) is 0 Å². The number of fused-ring (bicyclic) bond motifs is 1. The number of imidazole rings is 1. The van der Waals surface area contributed by atoms with E-state index in [1.165, 1.54) is 12.1 Å². The lowest BCUT2D eigenvalue weighted by Crippen LogP contribution is -2.46. The number of amides is 1. The summed E-state index contributed by atoms with van der Waals surface area (Å²) in [6.45, 7) is 0.111. The van der Waals surface area contributed by atoms with Crippen molar-refractivity contribution in [3.8, 4) is 11.5 Å². The van der Waals surface area contributed by atoms with Crippen molar-refractivity contribution < 1.29 is 19.0 Å². The molecule has 2 N–H and O–H groups in total. The van der Waals surface area contributed by atoms with E-state index in [4.69, 9.17) is 4.74 Å². The summed E-state index contributed by atoms with van der Waals surface area (Å²) in [6.07, 6.45) is 4.67. The molecular formula is C21H22FN3O3. The second-order valence-electron chi connectivity index (χ2n) is 7.10. The molecule has 28 heavy (non-hydrogen) atoms. The van der Waals surface area contributed by atoms with Crippen LogP contribution in [0.2, 0.25) is 0 Å². The highest BCUT2D eigenvalue weighted by molar-refractivity contribution is 5.81. The fraction of sp³-hybridized carbons (Fsp3) is 0.333. The molecule has 3 aromatic rings. The maximum absolute atomic E-state index is 13.0. The first-order chi connectivity index (χ1) is 13.6. The first kappa shape index (κ1) is 18.4. The molecule has 7 heteroatoms. The number of aromatic nitrogens is 2. The van der Waals surface area contributed by atoms with Gasteiger partial charge in [0, 0.05) is 6.07 Å². The zero-order valence-corrected chi connectivity index (χ0v) is 15.3. The lowest BCUT2D eigenvalue weighted by atomic mass is 9.92. The van der Waals surface area contributed by atoms with E-state index in [1.54, 1.807) is 35.2 Å². The van der Waals surface area contributed by atoms with Gasteiger partial charge in [0.15, 0.2) is 0 Å². The molecule has 0 radical (unpaired) electrons. The third-order valence-corrected chi connectivity index (χ3v) is 5.03. The second kappa shape index (κ2) is 7.98. The standard InChI is InChI=1S/C21H22FN3O3/c22-14-5-7-15(8-6-14)28-16-9-10-17-19(11-16)25(13-23-17)12-21(27)24-18-3-1-2-4-20(18)26/h5-11,13,18,20,26H,1-4,12H2,(H,24,27)/t18-,20-/m0/s1. The highest BCUT2D eigenvalue weighted by Crippen LogP contribution is 2.25. The summed E-state index contributed by atoms with van der Waals surface area (Å²) >= 11 is 0. The first-order valence-electron chi connectivity index (χ1n) is 9.44. The molecule has 0 unspecified atom stereocenters. The molecular weight excluding hydrogens is 361 g/mol. The van der Waals surface area contributed by atoms with Gasteiger partial charge < -0.3 is 19.7 Å². The Kier molecular flexibility index (Phi) is 5.25. The maximum atomic E-state index is 13.0. The fourth-order valence-corrected chi connectivity index (χ4v) is 3.55. The molecule has 1 aromatic heterocycles. The van der Waals surface area contributed by atoms with Crippen molar-refractivity contribution in [1.82, 2.24) is 14.9 Å². The second-order valence-corrected chi connectivity index (χ2v) is 7.10. The van der Waals surface area contributed by atoms with E-state index in [2.05, 4.69) is 10.3 Å². The van der Waals surface area contributed by atoms with Crippen molar-refractivity contribution in [3.05, 3.63) is 54.6 Å². The minimum atomic E-state index is -0.479. The molecule has 1 heterocycles. The van der Waals surface area contributed by atoms with Gasteiger partial charge in [-0.1, -0.05) is 12.8 Å². The van der Waals surface area contributed by atoms with Gasteiger partial charge in [-0.3, -0.25) is 4.79 Å². The van der Waals surface area contributed by atoms with Crippen LogP contribution in [0, 0.1) is 5.82 Å². The Bertz CT molecular complexity index is 971. The van der Waals surface area contributed by atoms with Gasteiger partial charge in [-0.25, -0.2) is 9.37 Å². The number of hydrogen-bond donors (Lipinski definition) is 2. The molecule has 1 saturated carbocycles. The van der Waals surface area contributed by atoms with E-state index in [0.29, 0.717) is 11.5 Å². The number of carbonyl (C=O) groups is 1. The summed E-state index contributed by atoms with van der Waals surface area (Å²) < 4.78 is 20.6. The van der Waals surface area contributed by atoms with E-state index >= 15 is 0 Å². The summed E-state index contributed by atoms with van der Waals surface area (Å²) in [5, 5.41) is 13.0. The van der Waals surface area contributed by atoms with E-state index in [0.717, 1.165) is 36.7 Å². The number of aliphatic hydroxyl groups excluding tert-OH is 1. The average molecular weight is 383 g/mol.